The van der Waals surface area contributed by atoms with Crippen LogP contribution in [0, 0.1) is 5.92 Å². The van der Waals surface area contributed by atoms with Gasteiger partial charge in [-0.1, -0.05) is 18.2 Å². The van der Waals surface area contributed by atoms with Gasteiger partial charge in [-0.05, 0) is 42.9 Å². The number of nitrogens with one attached hydrogen (secondary N) is 3. The van der Waals surface area contributed by atoms with E-state index in [4.69, 9.17) is 0 Å². The quantitative estimate of drug-likeness (QED) is 0.665. The third-order valence-electron chi connectivity index (χ3n) is 6.41. The number of nitrogens with zero attached hydrogens (tertiary/aromatic N) is 1. The van der Waals surface area contributed by atoms with Crippen LogP contribution in [0.25, 0.3) is 0 Å². The summed E-state index contributed by atoms with van der Waals surface area (Å²) < 4.78 is 0. The molecule has 7 nitrogen and oxygen atoms in total. The second-order valence-electron chi connectivity index (χ2n) is 8.09. The Kier molecular flexibility index (Phi) is 4.02. The molecule has 1 aliphatic carbocycles. The van der Waals surface area contributed by atoms with Gasteiger partial charge in [-0.15, -0.1) is 0 Å². The van der Waals surface area contributed by atoms with Gasteiger partial charge in [-0.25, -0.2) is 0 Å². The molecule has 7 heteroatoms. The summed E-state index contributed by atoms with van der Waals surface area (Å²) in [6, 6.07) is 6.57. The molecular weight excluding hydrogens is 344 g/mol. The molecule has 2 saturated heterocycles. The van der Waals surface area contributed by atoms with Crippen molar-refractivity contribution in [1.29, 1.82) is 0 Å². The van der Waals surface area contributed by atoms with Crippen molar-refractivity contribution in [2.75, 3.05) is 6.54 Å². The van der Waals surface area contributed by atoms with Gasteiger partial charge in [0.1, 0.15) is 6.04 Å². The average molecular weight is 368 g/mol. The molecular formula is C20H24N4O3. The molecule has 3 fully saturated rings. The fourth-order valence-electron chi connectivity index (χ4n) is 4.86. The second-order valence-corrected chi connectivity index (χ2v) is 8.09. The van der Waals surface area contributed by atoms with Crippen molar-refractivity contribution in [2.24, 2.45) is 5.92 Å². The van der Waals surface area contributed by atoms with Gasteiger partial charge in [0.2, 0.25) is 11.8 Å². The largest absolute Gasteiger partial charge is 0.322 e. The Morgan fingerprint density at radius 1 is 1.19 bits per heavy atom. The fraction of sp³-hybridized carbons (Fsp3) is 0.550. The van der Waals surface area contributed by atoms with Gasteiger partial charge in [0.05, 0.1) is 0 Å². The van der Waals surface area contributed by atoms with E-state index in [1.807, 2.05) is 18.2 Å². The molecule has 3 N–H and O–H groups in total. The van der Waals surface area contributed by atoms with Gasteiger partial charge in [0, 0.05) is 37.2 Å². The molecule has 142 valence electrons. The zero-order valence-electron chi connectivity index (χ0n) is 15.2. The number of hydrogen-bond acceptors (Lipinski definition) is 5. The van der Waals surface area contributed by atoms with Crippen LogP contribution in [-0.2, 0) is 22.7 Å². The molecule has 27 heavy (non-hydrogen) atoms. The molecule has 0 spiro atoms. The van der Waals surface area contributed by atoms with Gasteiger partial charge in [-0.3, -0.25) is 19.7 Å². The molecule has 3 heterocycles. The van der Waals surface area contributed by atoms with Crippen molar-refractivity contribution >= 4 is 17.7 Å². The van der Waals surface area contributed by atoms with E-state index in [2.05, 4.69) is 16.0 Å². The third kappa shape index (κ3) is 2.95. The van der Waals surface area contributed by atoms with Crippen molar-refractivity contribution < 1.29 is 14.4 Å². The van der Waals surface area contributed by atoms with Gasteiger partial charge >= 0.3 is 0 Å². The van der Waals surface area contributed by atoms with Crippen LogP contribution in [0.2, 0.25) is 0 Å². The molecule has 0 radical (unpaired) electrons. The number of benzene rings is 1. The lowest BCUT2D eigenvalue weighted by molar-refractivity contribution is -0.136. The highest BCUT2D eigenvalue weighted by Gasteiger charge is 2.45. The van der Waals surface area contributed by atoms with Crippen LogP contribution in [0.1, 0.15) is 47.2 Å². The number of imide groups is 1. The number of hydrogen-bond donors (Lipinski definition) is 3. The first-order chi connectivity index (χ1) is 13.1. The fourth-order valence-corrected chi connectivity index (χ4v) is 4.86. The van der Waals surface area contributed by atoms with E-state index in [1.54, 1.807) is 4.90 Å². The summed E-state index contributed by atoms with van der Waals surface area (Å²) in [5.41, 5.74) is 2.71. The van der Waals surface area contributed by atoms with E-state index in [0.717, 1.165) is 29.7 Å². The first kappa shape index (κ1) is 16.9. The standard InChI is InChI=1S/C20H24N4O3/c25-17-5-4-16(19(26)23-17)24-10-12-3-1-2-11(18(12)20(24)27)9-22-14-6-7-21-15-8-13(14)15/h1-3,13-16,21-22H,4-10H2,(H,23,25,26)/t13-,14-,15-,16?/m1/s1. The summed E-state index contributed by atoms with van der Waals surface area (Å²) in [6.45, 7) is 2.16. The van der Waals surface area contributed by atoms with Crippen LogP contribution < -0.4 is 16.0 Å². The average Bonchev–Trinajstić information content (AvgIpc) is 3.38. The van der Waals surface area contributed by atoms with Crippen LogP contribution in [0.5, 0.6) is 0 Å². The Labute approximate surface area is 157 Å². The first-order valence-electron chi connectivity index (χ1n) is 9.84. The zero-order chi connectivity index (χ0) is 18.5. The maximum absolute atomic E-state index is 13.1. The lowest BCUT2D eigenvalue weighted by Gasteiger charge is -2.29. The van der Waals surface area contributed by atoms with E-state index in [9.17, 15) is 14.4 Å². The Hall–Kier alpha value is -2.25. The number of carbonyl (C=O) groups is 3. The Balaban J connectivity index is 1.32. The molecule has 1 aromatic rings. The van der Waals surface area contributed by atoms with Crippen molar-refractivity contribution in [3.63, 3.8) is 0 Å². The van der Waals surface area contributed by atoms with Crippen molar-refractivity contribution in [3.05, 3.63) is 34.9 Å². The van der Waals surface area contributed by atoms with E-state index < -0.39 is 6.04 Å². The van der Waals surface area contributed by atoms with Crippen molar-refractivity contribution in [3.8, 4) is 0 Å². The van der Waals surface area contributed by atoms with Gasteiger partial charge in [-0.2, -0.15) is 0 Å². The topological polar surface area (TPSA) is 90.5 Å². The molecule has 1 aromatic carbocycles. The number of carbonyl (C=O) groups excluding carboxylic acids is 3. The van der Waals surface area contributed by atoms with Crippen molar-refractivity contribution in [1.82, 2.24) is 20.9 Å². The normalized spacial score (nSPS) is 32.1. The van der Waals surface area contributed by atoms with Crippen LogP contribution in [0.15, 0.2) is 18.2 Å². The van der Waals surface area contributed by atoms with Gasteiger partial charge in [0.15, 0.2) is 0 Å². The van der Waals surface area contributed by atoms with E-state index in [-0.39, 0.29) is 24.1 Å². The molecule has 3 amide bonds. The lowest BCUT2D eigenvalue weighted by atomic mass is 10.0. The summed E-state index contributed by atoms with van der Waals surface area (Å²) in [7, 11) is 0. The highest BCUT2D eigenvalue weighted by molar-refractivity contribution is 6.05. The van der Waals surface area contributed by atoms with E-state index in [1.165, 1.54) is 6.42 Å². The van der Waals surface area contributed by atoms with Crippen LogP contribution in [0.4, 0.5) is 0 Å². The number of fused-ring (bicyclic) bond motifs is 2. The number of rotatable bonds is 4. The molecule has 3 aliphatic heterocycles. The molecule has 0 bridgehead atoms. The Morgan fingerprint density at radius 3 is 2.93 bits per heavy atom. The molecule has 1 saturated carbocycles. The van der Waals surface area contributed by atoms with Crippen LogP contribution in [0.3, 0.4) is 0 Å². The first-order valence-corrected chi connectivity index (χ1v) is 9.84. The van der Waals surface area contributed by atoms with Gasteiger partial charge < -0.3 is 15.5 Å². The van der Waals surface area contributed by atoms with E-state index in [0.29, 0.717) is 37.5 Å². The Bertz CT molecular complexity index is 823. The minimum Gasteiger partial charge on any atom is -0.322 e. The summed E-state index contributed by atoms with van der Waals surface area (Å²) in [5.74, 6) is 0.00454. The smallest absolute Gasteiger partial charge is 0.255 e. The van der Waals surface area contributed by atoms with Crippen LogP contribution >= 0.6 is 0 Å². The summed E-state index contributed by atoms with van der Waals surface area (Å²) in [6.07, 6.45) is 3.04. The summed E-state index contributed by atoms with van der Waals surface area (Å²) in [4.78, 5) is 38.3. The predicted molar refractivity (Wildman–Crippen MR) is 97.6 cm³/mol. The van der Waals surface area contributed by atoms with E-state index >= 15 is 0 Å². The highest BCUT2D eigenvalue weighted by Crippen LogP contribution is 2.38. The summed E-state index contributed by atoms with van der Waals surface area (Å²) >= 11 is 0. The van der Waals surface area contributed by atoms with Gasteiger partial charge in [0.25, 0.3) is 5.91 Å². The Morgan fingerprint density at radius 2 is 2.07 bits per heavy atom. The molecule has 5 rings (SSSR count). The maximum Gasteiger partial charge on any atom is 0.255 e. The number of amides is 3. The SMILES string of the molecule is O=C1CCC(N2Cc3cccc(CN[C@@H]4CCN[C@@H]5C[C@H]45)c3C2=O)C(=O)N1. The lowest BCUT2D eigenvalue weighted by Crippen LogP contribution is -2.52. The molecule has 0 aromatic heterocycles. The monoisotopic (exact) mass is 368 g/mol. The third-order valence-corrected chi connectivity index (χ3v) is 6.41. The summed E-state index contributed by atoms with van der Waals surface area (Å²) in [5, 5.41) is 9.53. The second kappa shape index (κ2) is 6.42. The zero-order valence-corrected chi connectivity index (χ0v) is 15.2. The molecule has 4 aliphatic rings. The molecule has 1 unspecified atom stereocenters. The van der Waals surface area contributed by atoms with Crippen molar-refractivity contribution in [2.45, 2.75) is 56.9 Å². The number of piperidine rings is 2. The minimum absolute atomic E-state index is 0.0912. The predicted octanol–water partition coefficient (Wildman–Crippen LogP) is 0.288. The molecule has 4 atom stereocenters. The highest BCUT2D eigenvalue weighted by atomic mass is 16.2. The maximum atomic E-state index is 13.1. The van der Waals surface area contributed by atoms with Crippen LogP contribution in [-0.4, -0.2) is 47.3 Å². The minimum atomic E-state index is -0.556.